The molecule has 37 heavy (non-hydrogen) atoms. The van der Waals surface area contributed by atoms with Crippen LogP contribution >= 0.6 is 0 Å². The molecule has 0 aliphatic rings. The molecular weight excluding hydrogens is 490 g/mol. The van der Waals surface area contributed by atoms with Gasteiger partial charge in [-0.2, -0.15) is 0 Å². The van der Waals surface area contributed by atoms with Crippen LogP contribution in [-0.2, 0) is 21.3 Å². The van der Waals surface area contributed by atoms with Crippen LogP contribution in [0.3, 0.4) is 0 Å². The zero-order valence-electron chi connectivity index (χ0n) is 20.5. The summed E-state index contributed by atoms with van der Waals surface area (Å²) in [6.07, 6.45) is 1.33. The third-order valence-electron chi connectivity index (χ3n) is 5.62. The lowest BCUT2D eigenvalue weighted by Gasteiger charge is -2.11. The molecule has 4 rings (SSSR count). The highest BCUT2D eigenvalue weighted by Crippen LogP contribution is 2.21. The normalized spacial score (nSPS) is 11.2. The van der Waals surface area contributed by atoms with Gasteiger partial charge in [0.05, 0.1) is 4.90 Å². The van der Waals surface area contributed by atoms with Gasteiger partial charge in [0.25, 0.3) is 15.9 Å². The summed E-state index contributed by atoms with van der Waals surface area (Å²) in [6, 6.07) is 20.8. The lowest BCUT2D eigenvalue weighted by Crippen LogP contribution is -2.31. The van der Waals surface area contributed by atoms with Crippen LogP contribution in [0.2, 0.25) is 0 Å². The zero-order valence-corrected chi connectivity index (χ0v) is 21.3. The van der Waals surface area contributed by atoms with Crippen molar-refractivity contribution in [2.75, 3.05) is 11.9 Å². The molecule has 2 N–H and O–H groups in total. The first-order valence-electron chi connectivity index (χ1n) is 11.5. The average molecular weight is 518 g/mol. The van der Waals surface area contributed by atoms with Crippen molar-refractivity contribution >= 4 is 38.6 Å². The number of rotatable bonds is 8. The molecule has 0 bridgehead atoms. The maximum atomic E-state index is 12.7. The van der Waals surface area contributed by atoms with Crippen molar-refractivity contribution < 1.29 is 22.7 Å². The van der Waals surface area contributed by atoms with E-state index in [2.05, 4.69) is 16.6 Å². The van der Waals surface area contributed by atoms with Crippen LogP contribution in [0.5, 0.6) is 0 Å². The molecule has 3 aromatic carbocycles. The molecule has 0 atom stereocenters. The van der Waals surface area contributed by atoms with E-state index in [1.54, 1.807) is 56.3 Å². The van der Waals surface area contributed by atoms with Gasteiger partial charge in [0, 0.05) is 34.9 Å². The highest BCUT2D eigenvalue weighted by molar-refractivity contribution is 7.90. The van der Waals surface area contributed by atoms with Gasteiger partial charge in [0.1, 0.15) is 6.61 Å². The van der Waals surface area contributed by atoms with Crippen molar-refractivity contribution in [1.29, 1.82) is 0 Å². The Kier molecular flexibility index (Phi) is 7.45. The number of fused-ring (bicyclic) bond motifs is 1. The van der Waals surface area contributed by atoms with Gasteiger partial charge in [-0.15, -0.1) is 0 Å². The predicted molar refractivity (Wildman–Crippen MR) is 143 cm³/mol. The summed E-state index contributed by atoms with van der Waals surface area (Å²) in [4.78, 5) is 24.8. The SMILES string of the molecule is C=C(C)COC(=O)Nc1cccc(Cn2ccc3cc(C(=O)NS(=O)(=O)c4ccccc4C)ccc32)c1. The quantitative estimate of drug-likeness (QED) is 0.311. The fraction of sp³-hybridized carbons (Fsp3) is 0.143. The Morgan fingerprint density at radius 2 is 1.78 bits per heavy atom. The lowest BCUT2D eigenvalue weighted by molar-refractivity contribution is 0.0981. The molecule has 2 amide bonds. The van der Waals surface area contributed by atoms with Gasteiger partial charge in [-0.1, -0.05) is 36.9 Å². The molecule has 0 unspecified atom stereocenters. The van der Waals surface area contributed by atoms with Gasteiger partial charge < -0.3 is 9.30 Å². The number of ether oxygens (including phenoxy) is 1. The number of carbonyl (C=O) groups excluding carboxylic acids is 2. The summed E-state index contributed by atoms with van der Waals surface area (Å²) in [5, 5.41) is 3.49. The number of aromatic nitrogens is 1. The van der Waals surface area contributed by atoms with E-state index in [9.17, 15) is 18.0 Å². The van der Waals surface area contributed by atoms with Crippen LogP contribution in [0.25, 0.3) is 10.9 Å². The van der Waals surface area contributed by atoms with Crippen LogP contribution in [0.4, 0.5) is 10.5 Å². The summed E-state index contributed by atoms with van der Waals surface area (Å²) in [5.41, 5.74) is 3.96. The maximum absolute atomic E-state index is 12.7. The minimum atomic E-state index is -4.00. The Hall–Kier alpha value is -4.37. The van der Waals surface area contributed by atoms with E-state index in [0.29, 0.717) is 17.8 Å². The number of nitrogens with zero attached hydrogens (tertiary/aromatic N) is 1. The number of anilines is 1. The molecular formula is C28H27N3O5S. The number of aryl methyl sites for hydroxylation is 1. The van der Waals surface area contributed by atoms with Gasteiger partial charge in [-0.3, -0.25) is 10.1 Å². The summed E-state index contributed by atoms with van der Waals surface area (Å²) >= 11 is 0. The van der Waals surface area contributed by atoms with Gasteiger partial charge >= 0.3 is 6.09 Å². The number of hydrogen-bond acceptors (Lipinski definition) is 5. The Morgan fingerprint density at radius 3 is 2.54 bits per heavy atom. The van der Waals surface area contributed by atoms with Crippen LogP contribution in [-0.4, -0.2) is 31.6 Å². The van der Waals surface area contributed by atoms with E-state index < -0.39 is 22.0 Å². The van der Waals surface area contributed by atoms with Crippen molar-refractivity contribution in [3.63, 3.8) is 0 Å². The molecule has 0 saturated heterocycles. The second-order valence-corrected chi connectivity index (χ2v) is 10.4. The Labute approximate surface area is 215 Å². The highest BCUT2D eigenvalue weighted by Gasteiger charge is 2.20. The second kappa shape index (κ2) is 10.7. The van der Waals surface area contributed by atoms with Crippen LogP contribution in [0.1, 0.15) is 28.4 Å². The van der Waals surface area contributed by atoms with Crippen molar-refractivity contribution in [3.8, 4) is 0 Å². The van der Waals surface area contributed by atoms with E-state index in [4.69, 9.17) is 4.74 Å². The number of hydrogen-bond donors (Lipinski definition) is 2. The monoisotopic (exact) mass is 517 g/mol. The minimum Gasteiger partial charge on any atom is -0.445 e. The van der Waals surface area contributed by atoms with Gasteiger partial charge in [-0.25, -0.2) is 17.9 Å². The van der Waals surface area contributed by atoms with Crippen molar-refractivity contribution in [1.82, 2.24) is 9.29 Å². The second-order valence-electron chi connectivity index (χ2n) is 8.78. The minimum absolute atomic E-state index is 0.0661. The first kappa shape index (κ1) is 25.7. The third-order valence-corrected chi connectivity index (χ3v) is 7.11. The fourth-order valence-electron chi connectivity index (χ4n) is 3.86. The topological polar surface area (TPSA) is 106 Å². The smallest absolute Gasteiger partial charge is 0.411 e. The predicted octanol–water partition coefficient (Wildman–Crippen LogP) is 5.24. The molecule has 1 aromatic heterocycles. The van der Waals surface area contributed by atoms with Crippen LogP contribution < -0.4 is 10.0 Å². The van der Waals surface area contributed by atoms with E-state index in [1.165, 1.54) is 6.07 Å². The molecule has 0 spiro atoms. The van der Waals surface area contributed by atoms with E-state index in [-0.39, 0.29) is 17.1 Å². The average Bonchev–Trinajstić information content (AvgIpc) is 3.24. The molecule has 190 valence electrons. The number of sulfonamides is 1. The molecule has 0 radical (unpaired) electrons. The zero-order chi connectivity index (χ0) is 26.6. The van der Waals surface area contributed by atoms with Crippen molar-refractivity contribution in [3.05, 3.63) is 108 Å². The van der Waals surface area contributed by atoms with Gasteiger partial charge in [0.15, 0.2) is 0 Å². The highest BCUT2D eigenvalue weighted by atomic mass is 32.2. The largest absolute Gasteiger partial charge is 0.445 e. The summed E-state index contributed by atoms with van der Waals surface area (Å²) in [7, 11) is -4.00. The lowest BCUT2D eigenvalue weighted by atomic mass is 10.1. The standard InChI is InChI=1S/C28H27N3O5S/c1-19(2)18-36-28(33)29-24-9-6-8-21(15-24)17-31-14-13-22-16-23(11-12-25(22)31)27(32)30-37(34,35)26-10-5-4-7-20(26)3/h4-16H,1,17-18H2,2-3H3,(H,29,33)(H,30,32). The van der Waals surface area contributed by atoms with Gasteiger partial charge in [0.2, 0.25) is 0 Å². The Morgan fingerprint density at radius 1 is 1.00 bits per heavy atom. The summed E-state index contributed by atoms with van der Waals surface area (Å²) in [6.45, 7) is 7.83. The molecule has 8 nitrogen and oxygen atoms in total. The molecule has 4 aromatic rings. The van der Waals surface area contributed by atoms with Crippen LogP contribution in [0.15, 0.2) is 96.0 Å². The van der Waals surface area contributed by atoms with Gasteiger partial charge in [-0.05, 0) is 73.0 Å². The van der Waals surface area contributed by atoms with E-state index >= 15 is 0 Å². The fourth-order valence-corrected chi connectivity index (χ4v) is 5.08. The molecule has 0 aliphatic carbocycles. The number of benzene rings is 3. The van der Waals surface area contributed by atoms with E-state index in [0.717, 1.165) is 22.0 Å². The van der Waals surface area contributed by atoms with Crippen molar-refractivity contribution in [2.24, 2.45) is 0 Å². The summed E-state index contributed by atoms with van der Waals surface area (Å²) in [5.74, 6) is -0.699. The summed E-state index contributed by atoms with van der Waals surface area (Å²) < 4.78 is 34.6. The number of carbonyl (C=O) groups is 2. The van der Waals surface area contributed by atoms with E-state index in [1.807, 2.05) is 35.0 Å². The molecule has 0 saturated carbocycles. The maximum Gasteiger partial charge on any atom is 0.411 e. The number of amides is 2. The molecule has 0 fully saturated rings. The first-order valence-corrected chi connectivity index (χ1v) is 13.0. The van der Waals surface area contributed by atoms with Crippen LogP contribution in [0, 0.1) is 6.92 Å². The molecule has 0 aliphatic heterocycles. The number of nitrogens with one attached hydrogen (secondary N) is 2. The van der Waals surface area contributed by atoms with Crippen molar-refractivity contribution in [2.45, 2.75) is 25.3 Å². The third kappa shape index (κ3) is 6.25. The molecule has 1 heterocycles. The first-order chi connectivity index (χ1) is 17.6. The molecule has 9 heteroatoms. The Balaban J connectivity index is 1.48. The Bertz CT molecular complexity index is 1610.